The van der Waals surface area contributed by atoms with E-state index in [-0.39, 0.29) is 6.04 Å². The van der Waals surface area contributed by atoms with Gasteiger partial charge in [-0.15, -0.1) is 11.3 Å². The minimum absolute atomic E-state index is 0.302. The van der Waals surface area contributed by atoms with Crippen LogP contribution in [0.1, 0.15) is 29.0 Å². The zero-order chi connectivity index (χ0) is 15.5. The lowest BCUT2D eigenvalue weighted by Gasteiger charge is -2.22. The fraction of sp³-hybridized carbons (Fsp3) is 0.333. The molecule has 21 heavy (non-hydrogen) atoms. The molecule has 0 bridgehead atoms. The maximum absolute atomic E-state index is 13.2. The van der Waals surface area contributed by atoms with E-state index in [2.05, 4.69) is 21.2 Å². The first-order valence-corrected chi connectivity index (χ1v) is 8.21. The molecule has 1 atom stereocenters. The second kappa shape index (κ2) is 6.94. The van der Waals surface area contributed by atoms with Gasteiger partial charge in [-0.2, -0.15) is 13.2 Å². The summed E-state index contributed by atoms with van der Waals surface area (Å²) in [6.07, 6.45) is -3.79. The lowest BCUT2D eigenvalue weighted by Crippen LogP contribution is -2.25. The van der Waals surface area contributed by atoms with Crippen LogP contribution in [0.2, 0.25) is 0 Å². The minimum atomic E-state index is -4.33. The normalized spacial score (nSPS) is 13.4. The summed E-state index contributed by atoms with van der Waals surface area (Å²) in [6, 6.07) is 7.38. The van der Waals surface area contributed by atoms with Crippen molar-refractivity contribution in [3.05, 3.63) is 56.2 Å². The summed E-state index contributed by atoms with van der Waals surface area (Å²) >= 11 is 4.92. The number of hydrogen-bond donors (Lipinski definition) is 1. The maximum Gasteiger partial charge on any atom is 0.416 e. The number of nitrogens with one attached hydrogen (secondary N) is 1. The molecule has 0 amide bonds. The summed E-state index contributed by atoms with van der Waals surface area (Å²) in [5, 5.41) is 5.10. The quantitative estimate of drug-likeness (QED) is 0.732. The van der Waals surface area contributed by atoms with Gasteiger partial charge in [0, 0.05) is 27.2 Å². The lowest BCUT2D eigenvalue weighted by molar-refractivity contribution is -0.138. The van der Waals surface area contributed by atoms with Crippen molar-refractivity contribution < 1.29 is 13.2 Å². The summed E-state index contributed by atoms with van der Waals surface area (Å²) in [5.74, 6) is 0. The molecule has 1 N–H and O–H groups in total. The average molecular weight is 378 g/mol. The monoisotopic (exact) mass is 377 g/mol. The Balaban J connectivity index is 2.34. The molecule has 0 aliphatic rings. The van der Waals surface area contributed by atoms with Crippen molar-refractivity contribution in [2.75, 3.05) is 6.54 Å². The Hall–Kier alpha value is -0.850. The van der Waals surface area contributed by atoms with Crippen LogP contribution >= 0.6 is 27.3 Å². The molecule has 0 spiro atoms. The van der Waals surface area contributed by atoms with Crippen molar-refractivity contribution in [3.8, 4) is 0 Å². The molecule has 0 saturated carbocycles. The predicted molar refractivity (Wildman–Crippen MR) is 83.6 cm³/mol. The molecule has 0 saturated heterocycles. The molecular weight excluding hydrogens is 363 g/mol. The van der Waals surface area contributed by atoms with E-state index < -0.39 is 11.7 Å². The molecule has 1 nitrogen and oxygen atoms in total. The van der Waals surface area contributed by atoms with Gasteiger partial charge in [-0.3, -0.25) is 0 Å². The number of thiophene rings is 1. The molecule has 1 aromatic carbocycles. The van der Waals surface area contributed by atoms with E-state index in [9.17, 15) is 13.2 Å². The van der Waals surface area contributed by atoms with E-state index in [1.807, 2.05) is 18.4 Å². The van der Waals surface area contributed by atoms with Crippen LogP contribution in [0.5, 0.6) is 0 Å². The third-order valence-corrected chi connectivity index (χ3v) is 4.84. The smallest absolute Gasteiger partial charge is 0.310 e. The number of likely N-dealkylation sites (N-methyl/N-ethyl adjacent to an activating group) is 1. The predicted octanol–water partition coefficient (Wildman–Crippen LogP) is 5.42. The summed E-state index contributed by atoms with van der Waals surface area (Å²) in [4.78, 5) is 1.05. The number of hydrogen-bond acceptors (Lipinski definition) is 2. The molecule has 0 fully saturated rings. The van der Waals surface area contributed by atoms with E-state index in [1.54, 1.807) is 23.5 Å². The van der Waals surface area contributed by atoms with Crippen molar-refractivity contribution in [2.24, 2.45) is 0 Å². The molecule has 1 aromatic heterocycles. The van der Waals surface area contributed by atoms with Crippen molar-refractivity contribution in [3.63, 3.8) is 0 Å². The Bertz CT molecular complexity index is 595. The second-order valence-electron chi connectivity index (χ2n) is 4.63. The Kier molecular flexibility index (Phi) is 5.46. The van der Waals surface area contributed by atoms with Gasteiger partial charge in [-0.05, 0) is 40.2 Å². The Labute approximate surface area is 134 Å². The number of rotatable bonds is 5. The number of alkyl halides is 3. The molecule has 2 aromatic rings. The fourth-order valence-electron chi connectivity index (χ4n) is 2.26. The van der Waals surface area contributed by atoms with Gasteiger partial charge in [0.05, 0.1) is 5.56 Å². The Morgan fingerprint density at radius 2 is 2.00 bits per heavy atom. The molecule has 0 radical (unpaired) electrons. The molecule has 2 rings (SSSR count). The van der Waals surface area contributed by atoms with E-state index >= 15 is 0 Å². The van der Waals surface area contributed by atoms with E-state index in [4.69, 9.17) is 0 Å². The number of halogens is 4. The van der Waals surface area contributed by atoms with Crippen molar-refractivity contribution in [1.29, 1.82) is 0 Å². The van der Waals surface area contributed by atoms with Crippen LogP contribution in [0.15, 0.2) is 40.2 Å². The third-order valence-electron chi connectivity index (χ3n) is 3.12. The largest absolute Gasteiger partial charge is 0.416 e. The van der Waals surface area contributed by atoms with Crippen LogP contribution in [-0.2, 0) is 12.6 Å². The molecule has 6 heteroatoms. The highest BCUT2D eigenvalue weighted by molar-refractivity contribution is 9.10. The van der Waals surface area contributed by atoms with Crippen LogP contribution in [0.25, 0.3) is 0 Å². The van der Waals surface area contributed by atoms with Gasteiger partial charge in [-0.1, -0.05) is 25.1 Å². The average Bonchev–Trinajstić information content (AvgIpc) is 2.83. The lowest BCUT2D eigenvalue weighted by atomic mass is 9.97. The molecule has 0 aliphatic heterocycles. The summed E-state index contributed by atoms with van der Waals surface area (Å²) < 4.78 is 40.4. The molecular formula is C15H15BrF3NS. The first-order valence-electron chi connectivity index (χ1n) is 6.54. The summed E-state index contributed by atoms with van der Waals surface area (Å²) in [6.45, 7) is 2.51. The highest BCUT2D eigenvalue weighted by Crippen LogP contribution is 2.36. The Morgan fingerprint density at radius 3 is 2.57 bits per heavy atom. The zero-order valence-corrected chi connectivity index (χ0v) is 13.8. The van der Waals surface area contributed by atoms with E-state index in [0.717, 1.165) is 15.4 Å². The van der Waals surface area contributed by atoms with Crippen molar-refractivity contribution >= 4 is 27.3 Å². The van der Waals surface area contributed by atoms with Gasteiger partial charge in [-0.25, -0.2) is 0 Å². The summed E-state index contributed by atoms with van der Waals surface area (Å²) in [5.41, 5.74) is -0.261. The molecule has 1 heterocycles. The van der Waals surface area contributed by atoms with Gasteiger partial charge in [0.15, 0.2) is 0 Å². The summed E-state index contributed by atoms with van der Waals surface area (Å²) in [7, 11) is 0. The first-order chi connectivity index (χ1) is 9.91. The van der Waals surface area contributed by atoms with Crippen LogP contribution in [0.3, 0.4) is 0 Å². The van der Waals surface area contributed by atoms with E-state index in [0.29, 0.717) is 18.5 Å². The zero-order valence-electron chi connectivity index (χ0n) is 11.4. The maximum atomic E-state index is 13.2. The molecule has 114 valence electrons. The molecule has 0 aliphatic carbocycles. The van der Waals surface area contributed by atoms with Crippen LogP contribution in [0.4, 0.5) is 13.2 Å². The van der Waals surface area contributed by atoms with Crippen LogP contribution < -0.4 is 5.32 Å². The highest BCUT2D eigenvalue weighted by Gasteiger charge is 2.34. The van der Waals surface area contributed by atoms with E-state index in [1.165, 1.54) is 6.07 Å². The second-order valence-corrected chi connectivity index (χ2v) is 6.54. The minimum Gasteiger partial charge on any atom is -0.310 e. The SMILES string of the molecule is CCNC(Cc1cc(Br)cs1)c1ccccc1C(F)(F)F. The third kappa shape index (κ3) is 4.31. The van der Waals surface area contributed by atoms with Crippen molar-refractivity contribution in [2.45, 2.75) is 25.6 Å². The number of benzene rings is 1. The van der Waals surface area contributed by atoms with Gasteiger partial charge in [0.2, 0.25) is 0 Å². The topological polar surface area (TPSA) is 12.0 Å². The highest BCUT2D eigenvalue weighted by atomic mass is 79.9. The van der Waals surface area contributed by atoms with Gasteiger partial charge in [0.25, 0.3) is 0 Å². The first kappa shape index (κ1) is 16.5. The van der Waals surface area contributed by atoms with Gasteiger partial charge < -0.3 is 5.32 Å². The van der Waals surface area contributed by atoms with Gasteiger partial charge in [0.1, 0.15) is 0 Å². The fourth-order valence-corrected chi connectivity index (χ4v) is 3.76. The van der Waals surface area contributed by atoms with Crippen LogP contribution in [-0.4, -0.2) is 6.54 Å². The van der Waals surface area contributed by atoms with Crippen molar-refractivity contribution in [1.82, 2.24) is 5.32 Å². The molecule has 1 unspecified atom stereocenters. The Morgan fingerprint density at radius 1 is 1.29 bits per heavy atom. The van der Waals surface area contributed by atoms with Crippen LogP contribution in [0, 0.1) is 0 Å². The standard InChI is InChI=1S/C15H15BrF3NS/c1-2-20-14(8-11-7-10(16)9-21-11)12-5-3-4-6-13(12)15(17,18)19/h3-7,9,14,20H,2,8H2,1H3. The van der Waals surface area contributed by atoms with Gasteiger partial charge >= 0.3 is 6.18 Å².